The molecule has 9 nitrogen and oxygen atoms in total. The molecule has 0 aliphatic heterocycles. The first-order chi connectivity index (χ1) is 20.7. The molecule has 0 radical (unpaired) electrons. The summed E-state index contributed by atoms with van der Waals surface area (Å²) in [6, 6.07) is 10.8. The minimum absolute atomic E-state index is 0.118. The number of hydrogen-bond acceptors (Lipinski definition) is 8. The summed E-state index contributed by atoms with van der Waals surface area (Å²) in [5.74, 6) is -0.185. The van der Waals surface area contributed by atoms with E-state index in [0.29, 0.717) is 46.4 Å². The van der Waals surface area contributed by atoms with E-state index in [4.69, 9.17) is 25.2 Å². The molecular weight excluding hydrogens is 571 g/mol. The first-order valence-electron chi connectivity index (χ1n) is 14.4. The number of pyridine rings is 1. The summed E-state index contributed by atoms with van der Waals surface area (Å²) in [6.45, 7) is 1.98. The molecule has 2 aliphatic rings. The number of carbonyl (C=O) groups is 2. The van der Waals surface area contributed by atoms with Gasteiger partial charge in [0, 0.05) is 22.6 Å². The van der Waals surface area contributed by atoms with Crippen LogP contribution in [0.1, 0.15) is 65.1 Å². The van der Waals surface area contributed by atoms with E-state index >= 15 is 0 Å². The first-order valence-corrected chi connectivity index (χ1v) is 15.2. The van der Waals surface area contributed by atoms with Crippen LogP contribution in [0.15, 0.2) is 42.5 Å². The van der Waals surface area contributed by atoms with Gasteiger partial charge in [0.25, 0.3) is 5.91 Å². The molecule has 6 rings (SSSR count). The first kappa shape index (κ1) is 29.0. The molecule has 11 heteroatoms. The molecule has 43 heavy (non-hydrogen) atoms. The predicted molar refractivity (Wildman–Crippen MR) is 161 cm³/mol. The van der Waals surface area contributed by atoms with Crippen LogP contribution in [0.4, 0.5) is 4.39 Å². The molecule has 2 fully saturated rings. The molecule has 0 spiro atoms. The smallest absolute Gasteiger partial charge is 0.251 e. The number of nitrogens with one attached hydrogen (secondary N) is 1. The van der Waals surface area contributed by atoms with Gasteiger partial charge in [-0.25, -0.2) is 14.4 Å². The third-order valence-corrected chi connectivity index (χ3v) is 9.09. The molecule has 2 aromatic carbocycles. The van der Waals surface area contributed by atoms with Gasteiger partial charge in [-0.3, -0.25) is 9.59 Å². The van der Waals surface area contributed by atoms with Gasteiger partial charge < -0.3 is 25.6 Å². The van der Waals surface area contributed by atoms with Gasteiger partial charge in [0.2, 0.25) is 5.91 Å². The third-order valence-electron chi connectivity index (χ3n) is 7.92. The van der Waals surface area contributed by atoms with Gasteiger partial charge in [0.1, 0.15) is 34.1 Å². The summed E-state index contributed by atoms with van der Waals surface area (Å²) >= 11 is 1.57. The molecule has 224 valence electrons. The Labute approximate surface area is 252 Å². The number of amides is 2. The summed E-state index contributed by atoms with van der Waals surface area (Å²) in [7, 11) is 1.55. The average molecular weight is 605 g/mol. The van der Waals surface area contributed by atoms with Crippen molar-refractivity contribution in [3.05, 3.63) is 70.1 Å². The Bertz CT molecular complexity index is 1700. The second-order valence-corrected chi connectivity index (χ2v) is 12.2. The largest absolute Gasteiger partial charge is 0.494 e. The van der Waals surface area contributed by atoms with E-state index in [1.54, 1.807) is 55.7 Å². The van der Waals surface area contributed by atoms with Crippen LogP contribution in [-0.4, -0.2) is 47.2 Å². The number of halogens is 1. The summed E-state index contributed by atoms with van der Waals surface area (Å²) in [5.41, 5.74) is 6.82. The van der Waals surface area contributed by atoms with Crippen LogP contribution in [0.2, 0.25) is 0 Å². The number of thiazole rings is 1. The van der Waals surface area contributed by atoms with E-state index in [0.717, 1.165) is 40.9 Å². The minimum Gasteiger partial charge on any atom is -0.494 e. The lowest BCUT2D eigenvalue weighted by Crippen LogP contribution is -2.43. The number of nitrogens with zero attached hydrogens (tertiary/aromatic N) is 2. The van der Waals surface area contributed by atoms with Crippen molar-refractivity contribution in [3.8, 4) is 22.8 Å². The number of hydrogen-bond donors (Lipinski definition) is 3. The number of carbonyl (C=O) groups excluding carboxylic acids is 2. The second kappa shape index (κ2) is 11.5. The molecule has 0 unspecified atom stereocenters. The molecule has 2 heterocycles. The van der Waals surface area contributed by atoms with E-state index < -0.39 is 17.3 Å². The van der Waals surface area contributed by atoms with Crippen LogP contribution in [0.3, 0.4) is 0 Å². The normalized spacial score (nSPS) is 16.1. The standard InChI is InChI=1S/C32H33FN4O5S/c1-3-42-29-19(15-26(34)38)14-25(36-27(29)17-6-10-22(33)11-7-17)32(40,21-8-9-21)16-35-30(39)20-12-23(41-2)28-24(13-20)43-31(37-28)18-4-5-18/h6-7,10-14,18,21,40H,3-5,8-9,15-16H2,1-2H3,(H2,34,38)(H,35,39)/t32-/m1/s1. The Morgan fingerprint density at radius 1 is 1.14 bits per heavy atom. The van der Waals surface area contributed by atoms with Gasteiger partial charge in [0.05, 0.1) is 42.1 Å². The second-order valence-electron chi connectivity index (χ2n) is 11.2. The molecule has 2 amide bonds. The zero-order chi connectivity index (χ0) is 30.3. The Morgan fingerprint density at radius 3 is 2.51 bits per heavy atom. The maximum Gasteiger partial charge on any atom is 0.251 e. The van der Waals surface area contributed by atoms with Gasteiger partial charge in [-0.05, 0) is 81.0 Å². The van der Waals surface area contributed by atoms with Crippen molar-refractivity contribution < 1.29 is 28.6 Å². The maximum absolute atomic E-state index is 13.8. The molecule has 2 aliphatic carbocycles. The Kier molecular flexibility index (Phi) is 7.78. The van der Waals surface area contributed by atoms with Crippen molar-refractivity contribution >= 4 is 33.4 Å². The molecule has 4 N–H and O–H groups in total. The lowest BCUT2D eigenvalue weighted by atomic mass is 9.90. The number of fused-ring (bicyclic) bond motifs is 1. The summed E-state index contributed by atoms with van der Waals surface area (Å²) in [5, 5.41) is 16.1. The maximum atomic E-state index is 13.8. The number of aliphatic hydroxyl groups is 1. The number of nitrogens with two attached hydrogens (primary N) is 1. The zero-order valence-electron chi connectivity index (χ0n) is 24.0. The fraction of sp³-hybridized carbons (Fsp3) is 0.375. The number of methoxy groups -OCH3 is 1. The zero-order valence-corrected chi connectivity index (χ0v) is 24.8. The minimum atomic E-state index is -1.54. The Morgan fingerprint density at radius 2 is 1.88 bits per heavy atom. The number of primary amides is 1. The van der Waals surface area contributed by atoms with Gasteiger partial charge >= 0.3 is 0 Å². The average Bonchev–Trinajstić information content (AvgIpc) is 3.93. The Hall–Kier alpha value is -4.09. The van der Waals surface area contributed by atoms with Crippen molar-refractivity contribution in [2.45, 2.75) is 50.5 Å². The molecule has 0 saturated heterocycles. The van der Waals surface area contributed by atoms with E-state index in [9.17, 15) is 19.1 Å². The summed E-state index contributed by atoms with van der Waals surface area (Å²) < 4.78 is 26.1. The molecule has 2 aromatic heterocycles. The van der Waals surface area contributed by atoms with Crippen molar-refractivity contribution in [3.63, 3.8) is 0 Å². The van der Waals surface area contributed by atoms with Crippen LogP contribution >= 0.6 is 11.3 Å². The molecule has 1 atom stereocenters. The Balaban J connectivity index is 1.35. The number of benzene rings is 2. The van der Waals surface area contributed by atoms with Gasteiger partial charge in [-0.2, -0.15) is 0 Å². The molecular formula is C32H33FN4O5S. The summed E-state index contributed by atoms with van der Waals surface area (Å²) in [4.78, 5) is 35.1. The summed E-state index contributed by atoms with van der Waals surface area (Å²) in [6.07, 6.45) is 3.58. The van der Waals surface area contributed by atoms with Crippen molar-refractivity contribution in [1.82, 2.24) is 15.3 Å². The van der Waals surface area contributed by atoms with Crippen LogP contribution in [-0.2, 0) is 16.8 Å². The van der Waals surface area contributed by atoms with Crippen molar-refractivity contribution in [1.29, 1.82) is 0 Å². The fourth-order valence-electron chi connectivity index (χ4n) is 5.37. The molecule has 2 saturated carbocycles. The fourth-order valence-corrected chi connectivity index (χ4v) is 6.56. The lowest BCUT2D eigenvalue weighted by molar-refractivity contribution is -0.117. The highest BCUT2D eigenvalue weighted by molar-refractivity contribution is 7.18. The number of aromatic nitrogens is 2. The highest BCUT2D eigenvalue weighted by atomic mass is 32.1. The van der Waals surface area contributed by atoms with Crippen LogP contribution in [0.25, 0.3) is 21.5 Å². The number of ether oxygens (including phenoxy) is 2. The van der Waals surface area contributed by atoms with E-state index in [1.165, 1.54) is 12.1 Å². The van der Waals surface area contributed by atoms with Crippen molar-refractivity contribution in [2.24, 2.45) is 11.7 Å². The predicted octanol–water partition coefficient (Wildman–Crippen LogP) is 4.84. The third kappa shape index (κ3) is 5.92. The SMILES string of the molecule is CCOc1c(CC(N)=O)cc([C@@](O)(CNC(=O)c2cc(OC)c3nc(C4CC4)sc3c2)C2CC2)nc1-c1ccc(F)cc1. The van der Waals surface area contributed by atoms with Crippen LogP contribution < -0.4 is 20.5 Å². The topological polar surface area (TPSA) is 137 Å². The quantitative estimate of drug-likeness (QED) is 0.211. The van der Waals surface area contributed by atoms with Crippen LogP contribution in [0.5, 0.6) is 11.5 Å². The van der Waals surface area contributed by atoms with Crippen LogP contribution in [0, 0.1) is 11.7 Å². The highest BCUT2D eigenvalue weighted by Crippen LogP contribution is 2.47. The monoisotopic (exact) mass is 604 g/mol. The van der Waals surface area contributed by atoms with E-state index in [2.05, 4.69) is 5.32 Å². The lowest BCUT2D eigenvalue weighted by Gasteiger charge is -2.30. The van der Waals surface area contributed by atoms with Gasteiger partial charge in [-0.15, -0.1) is 11.3 Å². The highest BCUT2D eigenvalue weighted by Gasteiger charge is 2.47. The number of rotatable bonds is 12. The van der Waals surface area contributed by atoms with Gasteiger partial charge in [-0.1, -0.05) is 0 Å². The van der Waals surface area contributed by atoms with Crippen molar-refractivity contribution in [2.75, 3.05) is 20.3 Å². The molecule has 4 aromatic rings. The molecule has 0 bridgehead atoms. The van der Waals surface area contributed by atoms with E-state index in [1.807, 2.05) is 0 Å². The van der Waals surface area contributed by atoms with Gasteiger partial charge in [0.15, 0.2) is 0 Å². The van der Waals surface area contributed by atoms with E-state index in [-0.39, 0.29) is 30.5 Å².